The highest BCUT2D eigenvalue weighted by Gasteiger charge is 2.21. The van der Waals surface area contributed by atoms with E-state index in [2.05, 4.69) is 20.2 Å². The van der Waals surface area contributed by atoms with Crippen molar-refractivity contribution in [3.8, 4) is 5.75 Å². The van der Waals surface area contributed by atoms with Gasteiger partial charge in [0.15, 0.2) is 0 Å². The molecule has 0 aliphatic rings. The third-order valence-corrected chi connectivity index (χ3v) is 6.41. The lowest BCUT2D eigenvalue weighted by molar-refractivity contribution is -0.118. The van der Waals surface area contributed by atoms with Crippen molar-refractivity contribution in [3.05, 3.63) is 29.8 Å². The Morgan fingerprint density at radius 2 is 2.00 bits per heavy atom. The maximum atomic E-state index is 12.3. The SMILES string of the molecule is CCCOc1ccccc1CCCNS(=O)(=O)c1nnc(NC(=O)C(C)C)s1. The largest absolute Gasteiger partial charge is 0.493 e. The number of nitrogens with one attached hydrogen (secondary N) is 2. The van der Waals surface area contributed by atoms with Crippen molar-refractivity contribution in [2.45, 2.75) is 44.4 Å². The number of carbonyl (C=O) groups excluding carboxylic acids is 1. The standard InChI is InChI=1S/C18H26N4O4S2/c1-4-12-26-15-10-6-5-8-14(15)9-7-11-19-28(24,25)18-22-21-17(27-18)20-16(23)13(2)3/h5-6,8,10,13,19H,4,7,9,11-12H2,1-3H3,(H,20,21,23). The highest BCUT2D eigenvalue weighted by atomic mass is 32.2. The fraction of sp³-hybridized carbons (Fsp3) is 0.500. The summed E-state index contributed by atoms with van der Waals surface area (Å²) in [5.41, 5.74) is 1.05. The lowest BCUT2D eigenvalue weighted by Gasteiger charge is -2.10. The van der Waals surface area contributed by atoms with Gasteiger partial charge in [-0.05, 0) is 30.9 Å². The minimum atomic E-state index is -3.76. The van der Waals surface area contributed by atoms with Gasteiger partial charge in [-0.3, -0.25) is 4.79 Å². The van der Waals surface area contributed by atoms with Crippen LogP contribution < -0.4 is 14.8 Å². The second-order valence-corrected chi connectivity index (χ2v) is 9.39. The van der Waals surface area contributed by atoms with E-state index in [0.29, 0.717) is 19.4 Å². The van der Waals surface area contributed by atoms with Crippen LogP contribution in [0.3, 0.4) is 0 Å². The van der Waals surface area contributed by atoms with Crippen LogP contribution in [0.15, 0.2) is 28.6 Å². The Morgan fingerprint density at radius 3 is 2.71 bits per heavy atom. The number of anilines is 1. The zero-order valence-corrected chi connectivity index (χ0v) is 17.9. The van der Waals surface area contributed by atoms with Crippen LogP contribution in [-0.4, -0.2) is 37.7 Å². The van der Waals surface area contributed by atoms with Gasteiger partial charge in [0.25, 0.3) is 10.0 Å². The molecule has 0 saturated carbocycles. The second kappa shape index (κ2) is 10.5. The van der Waals surface area contributed by atoms with E-state index in [-0.39, 0.29) is 27.8 Å². The first-order valence-corrected chi connectivity index (χ1v) is 11.5. The molecule has 0 aliphatic carbocycles. The van der Waals surface area contributed by atoms with Crippen molar-refractivity contribution in [2.24, 2.45) is 5.92 Å². The first kappa shape index (κ1) is 22.3. The van der Waals surface area contributed by atoms with Crippen molar-refractivity contribution in [2.75, 3.05) is 18.5 Å². The molecule has 0 bridgehead atoms. The van der Waals surface area contributed by atoms with Gasteiger partial charge in [-0.15, -0.1) is 10.2 Å². The van der Waals surface area contributed by atoms with E-state index < -0.39 is 10.0 Å². The third kappa shape index (κ3) is 6.54. The van der Waals surface area contributed by atoms with Gasteiger partial charge in [-0.25, -0.2) is 13.1 Å². The molecule has 2 rings (SSSR count). The molecule has 0 radical (unpaired) electrons. The van der Waals surface area contributed by atoms with Crippen molar-refractivity contribution >= 4 is 32.4 Å². The van der Waals surface area contributed by atoms with E-state index in [0.717, 1.165) is 29.1 Å². The minimum Gasteiger partial charge on any atom is -0.493 e. The van der Waals surface area contributed by atoms with Crippen molar-refractivity contribution in [1.29, 1.82) is 0 Å². The van der Waals surface area contributed by atoms with E-state index >= 15 is 0 Å². The molecule has 8 nitrogen and oxygen atoms in total. The highest BCUT2D eigenvalue weighted by Crippen LogP contribution is 2.21. The summed E-state index contributed by atoms with van der Waals surface area (Å²) in [5, 5.41) is 10.1. The zero-order valence-electron chi connectivity index (χ0n) is 16.3. The van der Waals surface area contributed by atoms with Crippen LogP contribution in [0, 0.1) is 5.92 Å². The number of aromatic nitrogens is 2. The molecule has 1 aromatic heterocycles. The molecule has 0 fully saturated rings. The van der Waals surface area contributed by atoms with Crippen molar-refractivity contribution in [3.63, 3.8) is 0 Å². The first-order chi connectivity index (χ1) is 13.3. The monoisotopic (exact) mass is 426 g/mol. The number of hydrogen-bond acceptors (Lipinski definition) is 7. The third-order valence-electron chi connectivity index (χ3n) is 3.74. The number of benzene rings is 1. The molecule has 0 aliphatic heterocycles. The lowest BCUT2D eigenvalue weighted by Crippen LogP contribution is -2.25. The van der Waals surface area contributed by atoms with E-state index in [1.165, 1.54) is 0 Å². The molecule has 28 heavy (non-hydrogen) atoms. The van der Waals surface area contributed by atoms with Crippen LogP contribution in [-0.2, 0) is 21.2 Å². The molecule has 0 spiro atoms. The number of carbonyl (C=O) groups is 1. The predicted molar refractivity (Wildman–Crippen MR) is 109 cm³/mol. The average Bonchev–Trinajstić information content (AvgIpc) is 3.13. The van der Waals surface area contributed by atoms with Gasteiger partial charge in [-0.1, -0.05) is 50.3 Å². The van der Waals surface area contributed by atoms with E-state index in [9.17, 15) is 13.2 Å². The number of sulfonamides is 1. The van der Waals surface area contributed by atoms with Crippen LogP contribution in [0.2, 0.25) is 0 Å². The van der Waals surface area contributed by atoms with Crippen LogP contribution in [0.5, 0.6) is 5.75 Å². The van der Waals surface area contributed by atoms with Crippen LogP contribution in [0.1, 0.15) is 39.2 Å². The molecule has 0 unspecified atom stereocenters. The number of ether oxygens (including phenoxy) is 1. The maximum absolute atomic E-state index is 12.3. The summed E-state index contributed by atoms with van der Waals surface area (Å²) in [6.07, 6.45) is 2.23. The zero-order chi connectivity index (χ0) is 20.6. The molecule has 0 atom stereocenters. The molecular weight excluding hydrogens is 400 g/mol. The van der Waals surface area contributed by atoms with Crippen LogP contribution >= 0.6 is 11.3 Å². The number of rotatable bonds is 11. The summed E-state index contributed by atoms with van der Waals surface area (Å²) in [4.78, 5) is 11.7. The van der Waals surface area contributed by atoms with E-state index in [4.69, 9.17) is 4.74 Å². The summed E-state index contributed by atoms with van der Waals surface area (Å²) in [7, 11) is -3.76. The van der Waals surface area contributed by atoms with Crippen LogP contribution in [0.25, 0.3) is 0 Å². The molecule has 2 aromatic rings. The smallest absolute Gasteiger partial charge is 0.269 e. The van der Waals surface area contributed by atoms with Gasteiger partial charge in [0.1, 0.15) is 5.75 Å². The Balaban J connectivity index is 1.87. The van der Waals surface area contributed by atoms with Gasteiger partial charge in [-0.2, -0.15) is 0 Å². The molecule has 154 valence electrons. The van der Waals surface area contributed by atoms with E-state index in [1.807, 2.05) is 31.2 Å². The number of para-hydroxylation sites is 1. The molecule has 1 aromatic carbocycles. The van der Waals surface area contributed by atoms with Gasteiger partial charge < -0.3 is 10.1 Å². The van der Waals surface area contributed by atoms with Crippen LogP contribution in [0.4, 0.5) is 5.13 Å². The Morgan fingerprint density at radius 1 is 1.25 bits per heavy atom. The lowest BCUT2D eigenvalue weighted by atomic mass is 10.1. The van der Waals surface area contributed by atoms with Gasteiger partial charge in [0.2, 0.25) is 15.4 Å². The summed E-state index contributed by atoms with van der Waals surface area (Å²) in [5.74, 6) is 0.366. The topological polar surface area (TPSA) is 110 Å². The summed E-state index contributed by atoms with van der Waals surface area (Å²) >= 11 is 0.827. The molecule has 2 N–H and O–H groups in total. The second-order valence-electron chi connectivity index (χ2n) is 6.47. The fourth-order valence-corrected chi connectivity index (χ4v) is 4.25. The molecular formula is C18H26N4O4S2. The fourth-order valence-electron chi connectivity index (χ4n) is 2.23. The minimum absolute atomic E-state index is 0.168. The molecule has 0 saturated heterocycles. The predicted octanol–water partition coefficient (Wildman–Crippen LogP) is 2.83. The average molecular weight is 427 g/mol. The number of aryl methyl sites for hydroxylation is 1. The molecule has 1 amide bonds. The van der Waals surface area contributed by atoms with Gasteiger partial charge in [0, 0.05) is 12.5 Å². The normalized spacial score (nSPS) is 11.6. The Bertz CT molecular complexity index is 881. The maximum Gasteiger partial charge on any atom is 0.269 e. The number of amides is 1. The quantitative estimate of drug-likeness (QED) is 0.422. The first-order valence-electron chi connectivity index (χ1n) is 9.18. The van der Waals surface area contributed by atoms with Gasteiger partial charge in [0.05, 0.1) is 6.61 Å². The Labute approximate surface area is 169 Å². The van der Waals surface area contributed by atoms with Crippen molar-refractivity contribution in [1.82, 2.24) is 14.9 Å². The summed E-state index contributed by atoms with van der Waals surface area (Å²) < 4.78 is 32.8. The van der Waals surface area contributed by atoms with Crippen molar-refractivity contribution < 1.29 is 17.9 Å². The Kier molecular flexibility index (Phi) is 8.34. The molecule has 1 heterocycles. The van der Waals surface area contributed by atoms with Gasteiger partial charge >= 0.3 is 0 Å². The summed E-state index contributed by atoms with van der Waals surface area (Å²) in [6, 6.07) is 7.76. The summed E-state index contributed by atoms with van der Waals surface area (Å²) in [6.45, 7) is 6.43. The van der Waals surface area contributed by atoms with E-state index in [1.54, 1.807) is 13.8 Å². The highest BCUT2D eigenvalue weighted by molar-refractivity contribution is 7.91. The number of nitrogens with zero attached hydrogens (tertiary/aromatic N) is 2. The number of hydrogen-bond donors (Lipinski definition) is 2. The molecule has 10 heteroatoms. The Hall–Kier alpha value is -2.04.